The second-order valence-corrected chi connectivity index (χ2v) is 5.51. The molecule has 1 aromatic carbocycles. The standard InChI is InChI=1S/C16H25N3O/c1-13(20)18-15-8-11-19(12-9-15)16(7-10-17)14-5-3-2-4-6-14/h2-6,15-16H,7-12,17H2,1H3,(H,18,20). The maximum Gasteiger partial charge on any atom is 0.217 e. The molecule has 1 aromatic rings. The summed E-state index contributed by atoms with van der Waals surface area (Å²) >= 11 is 0. The number of carbonyl (C=O) groups excluding carboxylic acids is 1. The predicted octanol–water partition coefficient (Wildman–Crippen LogP) is 1.68. The summed E-state index contributed by atoms with van der Waals surface area (Å²) in [7, 11) is 0. The highest BCUT2D eigenvalue weighted by atomic mass is 16.1. The normalized spacial score (nSPS) is 18.7. The van der Waals surface area contributed by atoms with Crippen LogP contribution in [0.1, 0.15) is 37.8 Å². The largest absolute Gasteiger partial charge is 0.354 e. The number of piperidine rings is 1. The lowest BCUT2D eigenvalue weighted by molar-refractivity contribution is -0.120. The molecule has 1 aliphatic rings. The van der Waals surface area contributed by atoms with E-state index in [0.717, 1.165) is 32.4 Å². The Hall–Kier alpha value is -1.39. The minimum Gasteiger partial charge on any atom is -0.354 e. The monoisotopic (exact) mass is 275 g/mol. The second kappa shape index (κ2) is 7.41. The lowest BCUT2D eigenvalue weighted by Crippen LogP contribution is -2.45. The molecule has 0 bridgehead atoms. The summed E-state index contributed by atoms with van der Waals surface area (Å²) in [4.78, 5) is 13.6. The predicted molar refractivity (Wildman–Crippen MR) is 81.3 cm³/mol. The number of rotatable bonds is 5. The maximum atomic E-state index is 11.1. The molecule has 110 valence electrons. The van der Waals surface area contributed by atoms with Crippen molar-refractivity contribution in [1.29, 1.82) is 0 Å². The van der Waals surface area contributed by atoms with E-state index in [1.165, 1.54) is 5.56 Å². The van der Waals surface area contributed by atoms with Gasteiger partial charge in [-0.15, -0.1) is 0 Å². The van der Waals surface area contributed by atoms with Gasteiger partial charge in [0, 0.05) is 32.1 Å². The first kappa shape index (κ1) is 15.0. The lowest BCUT2D eigenvalue weighted by Gasteiger charge is -2.38. The first-order valence-electron chi connectivity index (χ1n) is 7.47. The van der Waals surface area contributed by atoms with E-state index < -0.39 is 0 Å². The SMILES string of the molecule is CC(=O)NC1CCN(C(CCN)c2ccccc2)CC1. The Morgan fingerprint density at radius 3 is 2.55 bits per heavy atom. The molecule has 1 heterocycles. The van der Waals surface area contributed by atoms with Crippen molar-refractivity contribution in [3.8, 4) is 0 Å². The zero-order valence-electron chi connectivity index (χ0n) is 12.2. The molecule has 0 aliphatic carbocycles. The molecule has 0 spiro atoms. The fourth-order valence-electron chi connectivity index (χ4n) is 3.04. The quantitative estimate of drug-likeness (QED) is 0.859. The average molecular weight is 275 g/mol. The van der Waals surface area contributed by atoms with Gasteiger partial charge in [-0.3, -0.25) is 9.69 Å². The van der Waals surface area contributed by atoms with E-state index >= 15 is 0 Å². The van der Waals surface area contributed by atoms with Crippen molar-refractivity contribution in [3.05, 3.63) is 35.9 Å². The molecule has 4 nitrogen and oxygen atoms in total. The number of nitrogens with two attached hydrogens (primary N) is 1. The average Bonchev–Trinajstić information content (AvgIpc) is 2.46. The van der Waals surface area contributed by atoms with Crippen molar-refractivity contribution >= 4 is 5.91 Å². The van der Waals surface area contributed by atoms with Gasteiger partial charge >= 0.3 is 0 Å². The van der Waals surface area contributed by atoms with Gasteiger partial charge in [0.05, 0.1) is 0 Å². The summed E-state index contributed by atoms with van der Waals surface area (Å²) in [5, 5.41) is 3.02. The van der Waals surface area contributed by atoms with Gasteiger partial charge in [-0.2, -0.15) is 0 Å². The smallest absolute Gasteiger partial charge is 0.217 e. The number of benzene rings is 1. The summed E-state index contributed by atoms with van der Waals surface area (Å²) in [6, 6.07) is 11.3. The van der Waals surface area contributed by atoms with Crippen LogP contribution >= 0.6 is 0 Å². The molecule has 4 heteroatoms. The molecule has 1 aliphatic heterocycles. The molecule has 1 unspecified atom stereocenters. The highest BCUT2D eigenvalue weighted by Crippen LogP contribution is 2.27. The molecule has 0 radical (unpaired) electrons. The second-order valence-electron chi connectivity index (χ2n) is 5.51. The van der Waals surface area contributed by atoms with Crippen LogP contribution in [0.3, 0.4) is 0 Å². The van der Waals surface area contributed by atoms with E-state index in [0.29, 0.717) is 18.6 Å². The van der Waals surface area contributed by atoms with Crippen LogP contribution < -0.4 is 11.1 Å². The Labute approximate surface area is 121 Å². The van der Waals surface area contributed by atoms with Crippen molar-refractivity contribution in [2.45, 2.75) is 38.3 Å². The van der Waals surface area contributed by atoms with Gasteiger partial charge in [0.15, 0.2) is 0 Å². The summed E-state index contributed by atoms with van der Waals surface area (Å²) in [6.07, 6.45) is 3.02. The van der Waals surface area contributed by atoms with Crippen molar-refractivity contribution in [2.24, 2.45) is 5.73 Å². The molecule has 3 N–H and O–H groups in total. The van der Waals surface area contributed by atoms with Crippen LogP contribution in [0, 0.1) is 0 Å². The molecule has 1 saturated heterocycles. The van der Waals surface area contributed by atoms with E-state index in [2.05, 4.69) is 34.5 Å². The highest BCUT2D eigenvalue weighted by molar-refractivity contribution is 5.73. The summed E-state index contributed by atoms with van der Waals surface area (Å²) < 4.78 is 0. The number of likely N-dealkylation sites (tertiary alicyclic amines) is 1. The van der Waals surface area contributed by atoms with E-state index in [-0.39, 0.29) is 5.91 Å². The number of carbonyl (C=O) groups is 1. The van der Waals surface area contributed by atoms with E-state index in [1.54, 1.807) is 6.92 Å². The zero-order chi connectivity index (χ0) is 14.4. The first-order chi connectivity index (χ1) is 9.70. The molecule has 20 heavy (non-hydrogen) atoms. The third-order valence-corrected chi connectivity index (χ3v) is 4.00. The third-order valence-electron chi connectivity index (χ3n) is 4.00. The summed E-state index contributed by atoms with van der Waals surface area (Å²) in [6.45, 7) is 4.33. The van der Waals surface area contributed by atoms with E-state index in [4.69, 9.17) is 5.73 Å². The number of hydrogen-bond donors (Lipinski definition) is 2. The first-order valence-corrected chi connectivity index (χ1v) is 7.47. The van der Waals surface area contributed by atoms with Gasteiger partial charge in [0.2, 0.25) is 5.91 Å². The van der Waals surface area contributed by atoms with Gasteiger partial charge in [0.1, 0.15) is 0 Å². The van der Waals surface area contributed by atoms with Crippen molar-refractivity contribution in [1.82, 2.24) is 10.2 Å². The zero-order valence-corrected chi connectivity index (χ0v) is 12.2. The van der Waals surface area contributed by atoms with E-state index in [9.17, 15) is 4.79 Å². The minimum absolute atomic E-state index is 0.0741. The van der Waals surface area contributed by atoms with Gasteiger partial charge in [-0.1, -0.05) is 30.3 Å². The molecular weight excluding hydrogens is 250 g/mol. The number of hydrogen-bond acceptors (Lipinski definition) is 3. The summed E-state index contributed by atoms with van der Waals surface area (Å²) in [5.41, 5.74) is 7.13. The topological polar surface area (TPSA) is 58.4 Å². The molecule has 0 aromatic heterocycles. The van der Waals surface area contributed by atoms with Crippen LogP contribution in [0.15, 0.2) is 30.3 Å². The summed E-state index contributed by atoms with van der Waals surface area (Å²) in [5.74, 6) is 0.0741. The number of nitrogens with zero attached hydrogens (tertiary/aromatic N) is 1. The number of amides is 1. The third kappa shape index (κ3) is 4.05. The molecule has 1 fully saturated rings. The molecule has 0 saturated carbocycles. The number of nitrogens with one attached hydrogen (secondary N) is 1. The van der Waals surface area contributed by atoms with Crippen LogP contribution in [0.5, 0.6) is 0 Å². The molecular formula is C16H25N3O. The Bertz CT molecular complexity index is 413. The Morgan fingerprint density at radius 1 is 1.35 bits per heavy atom. The Morgan fingerprint density at radius 2 is 2.00 bits per heavy atom. The van der Waals surface area contributed by atoms with E-state index in [1.807, 2.05) is 6.07 Å². The Balaban J connectivity index is 1.97. The van der Waals surface area contributed by atoms with Crippen molar-refractivity contribution in [3.63, 3.8) is 0 Å². The lowest BCUT2D eigenvalue weighted by atomic mass is 9.97. The fourth-order valence-corrected chi connectivity index (χ4v) is 3.04. The van der Waals surface area contributed by atoms with Gasteiger partial charge in [-0.25, -0.2) is 0 Å². The van der Waals surface area contributed by atoms with Crippen LogP contribution in [0.25, 0.3) is 0 Å². The highest BCUT2D eigenvalue weighted by Gasteiger charge is 2.25. The van der Waals surface area contributed by atoms with Crippen LogP contribution in [-0.4, -0.2) is 36.5 Å². The van der Waals surface area contributed by atoms with Crippen LogP contribution in [0.4, 0.5) is 0 Å². The maximum absolute atomic E-state index is 11.1. The van der Waals surface area contributed by atoms with Crippen LogP contribution in [-0.2, 0) is 4.79 Å². The van der Waals surface area contributed by atoms with Crippen molar-refractivity contribution in [2.75, 3.05) is 19.6 Å². The van der Waals surface area contributed by atoms with Gasteiger partial charge in [-0.05, 0) is 31.4 Å². The molecule has 1 amide bonds. The van der Waals surface area contributed by atoms with Gasteiger partial charge < -0.3 is 11.1 Å². The molecule has 1 atom stereocenters. The van der Waals surface area contributed by atoms with Crippen LogP contribution in [0.2, 0.25) is 0 Å². The fraction of sp³-hybridized carbons (Fsp3) is 0.562. The van der Waals surface area contributed by atoms with Gasteiger partial charge in [0.25, 0.3) is 0 Å². The Kier molecular flexibility index (Phi) is 5.56. The van der Waals surface area contributed by atoms with Crippen molar-refractivity contribution < 1.29 is 4.79 Å². The molecule has 2 rings (SSSR count). The minimum atomic E-state index is 0.0741.